The molecule has 0 unspecified atom stereocenters. The van der Waals surface area contributed by atoms with Crippen molar-refractivity contribution < 1.29 is 14.3 Å². The third-order valence-corrected chi connectivity index (χ3v) is 1.89. The number of aromatic carboxylic acids is 1. The monoisotopic (exact) mass is 222 g/mol. The van der Waals surface area contributed by atoms with Crippen molar-refractivity contribution in [2.45, 2.75) is 0 Å². The van der Waals surface area contributed by atoms with Gasteiger partial charge in [-0.25, -0.2) is 9.18 Å². The largest absolute Gasteiger partial charge is 0.475 e. The van der Waals surface area contributed by atoms with Gasteiger partial charge in [-0.1, -0.05) is 0 Å². The predicted octanol–water partition coefficient (Wildman–Crippen LogP) is 0.687. The molecule has 82 valence electrons. The van der Waals surface area contributed by atoms with E-state index in [1.165, 1.54) is 24.3 Å². The van der Waals surface area contributed by atoms with E-state index in [0.717, 1.165) is 4.68 Å². The number of nitrogens with zero attached hydrogens (tertiary/aromatic N) is 3. The second kappa shape index (κ2) is 3.61. The standard InChI is InChI=1S/C9H7FN4O2/c10-5-1-3-6(4-2-5)14-9(11)12-7(13-14)8(15)16/h1-4H,(H,15,16)(H2,11,12,13). The number of carboxylic acids is 1. The molecule has 0 aliphatic heterocycles. The zero-order chi connectivity index (χ0) is 11.7. The number of nitrogen functional groups attached to an aromatic ring is 1. The van der Waals surface area contributed by atoms with Crippen LogP contribution in [0.1, 0.15) is 10.6 Å². The Balaban J connectivity index is 2.47. The number of hydrogen-bond acceptors (Lipinski definition) is 4. The van der Waals surface area contributed by atoms with Crippen LogP contribution >= 0.6 is 0 Å². The minimum absolute atomic E-state index is 0.0657. The summed E-state index contributed by atoms with van der Waals surface area (Å²) in [6.45, 7) is 0. The summed E-state index contributed by atoms with van der Waals surface area (Å²) in [5.74, 6) is -2.14. The number of hydrogen-bond donors (Lipinski definition) is 2. The van der Waals surface area contributed by atoms with Crippen LogP contribution in [0.25, 0.3) is 5.69 Å². The Bertz CT molecular complexity index is 535. The molecule has 2 rings (SSSR count). The van der Waals surface area contributed by atoms with Gasteiger partial charge in [0, 0.05) is 0 Å². The topological polar surface area (TPSA) is 94.0 Å². The molecule has 0 bridgehead atoms. The van der Waals surface area contributed by atoms with Crippen LogP contribution in [0.4, 0.5) is 10.3 Å². The molecule has 1 heterocycles. The van der Waals surface area contributed by atoms with Crippen LogP contribution in [0.2, 0.25) is 0 Å². The van der Waals surface area contributed by atoms with Gasteiger partial charge in [0.1, 0.15) is 5.82 Å². The number of rotatable bonds is 2. The van der Waals surface area contributed by atoms with E-state index in [0.29, 0.717) is 5.69 Å². The van der Waals surface area contributed by atoms with Gasteiger partial charge >= 0.3 is 5.97 Å². The van der Waals surface area contributed by atoms with Crippen LogP contribution in [-0.4, -0.2) is 25.8 Å². The van der Waals surface area contributed by atoms with Gasteiger partial charge in [-0.05, 0) is 24.3 Å². The average Bonchev–Trinajstić information content (AvgIpc) is 2.62. The van der Waals surface area contributed by atoms with Gasteiger partial charge in [0.2, 0.25) is 5.95 Å². The van der Waals surface area contributed by atoms with Gasteiger partial charge in [0.25, 0.3) is 5.82 Å². The number of anilines is 1. The minimum Gasteiger partial charge on any atom is -0.475 e. The molecule has 1 aromatic carbocycles. The Hall–Kier alpha value is -2.44. The first-order valence-electron chi connectivity index (χ1n) is 4.29. The normalized spacial score (nSPS) is 10.3. The van der Waals surface area contributed by atoms with Crippen LogP contribution in [-0.2, 0) is 0 Å². The predicted molar refractivity (Wildman–Crippen MR) is 52.7 cm³/mol. The lowest BCUT2D eigenvalue weighted by Gasteiger charge is -2.00. The van der Waals surface area contributed by atoms with Crippen LogP contribution < -0.4 is 5.73 Å². The molecule has 0 saturated heterocycles. The van der Waals surface area contributed by atoms with Crippen molar-refractivity contribution in [2.75, 3.05) is 5.73 Å². The summed E-state index contributed by atoms with van der Waals surface area (Å²) in [5.41, 5.74) is 5.92. The molecule has 0 atom stereocenters. The van der Waals surface area contributed by atoms with E-state index in [-0.39, 0.29) is 5.95 Å². The zero-order valence-electron chi connectivity index (χ0n) is 7.96. The molecule has 0 aliphatic carbocycles. The van der Waals surface area contributed by atoms with E-state index >= 15 is 0 Å². The highest BCUT2D eigenvalue weighted by atomic mass is 19.1. The Morgan fingerprint density at radius 3 is 2.50 bits per heavy atom. The Morgan fingerprint density at radius 1 is 1.38 bits per heavy atom. The molecule has 3 N–H and O–H groups in total. The molecule has 0 amide bonds. The first-order valence-corrected chi connectivity index (χ1v) is 4.29. The highest BCUT2D eigenvalue weighted by Crippen LogP contribution is 2.12. The smallest absolute Gasteiger partial charge is 0.375 e. The van der Waals surface area contributed by atoms with Gasteiger partial charge in [0.15, 0.2) is 0 Å². The number of halogens is 1. The summed E-state index contributed by atoms with van der Waals surface area (Å²) < 4.78 is 13.8. The van der Waals surface area contributed by atoms with Gasteiger partial charge in [-0.15, -0.1) is 5.10 Å². The van der Waals surface area contributed by atoms with E-state index in [1.54, 1.807) is 0 Å². The van der Waals surface area contributed by atoms with E-state index in [1.807, 2.05) is 0 Å². The number of benzene rings is 1. The molecule has 0 aliphatic rings. The van der Waals surface area contributed by atoms with E-state index in [2.05, 4.69) is 10.1 Å². The fraction of sp³-hybridized carbons (Fsp3) is 0. The molecule has 0 fully saturated rings. The van der Waals surface area contributed by atoms with Gasteiger partial charge < -0.3 is 10.8 Å². The summed E-state index contributed by atoms with van der Waals surface area (Å²) in [4.78, 5) is 14.1. The molecule has 1 aromatic heterocycles. The molecule has 0 radical (unpaired) electrons. The summed E-state index contributed by atoms with van der Waals surface area (Å²) in [6, 6.07) is 5.28. The summed E-state index contributed by atoms with van der Waals surface area (Å²) in [6.07, 6.45) is 0. The highest BCUT2D eigenvalue weighted by Gasteiger charge is 2.14. The third-order valence-electron chi connectivity index (χ3n) is 1.89. The molecular formula is C9H7FN4O2. The Labute approximate surface area is 89.1 Å². The molecule has 2 aromatic rings. The molecule has 7 heteroatoms. The maximum atomic E-state index is 12.7. The highest BCUT2D eigenvalue weighted by molar-refractivity contribution is 5.83. The van der Waals surface area contributed by atoms with Gasteiger partial charge in [-0.2, -0.15) is 9.67 Å². The molecule has 0 spiro atoms. The number of carbonyl (C=O) groups is 1. The van der Waals surface area contributed by atoms with Crippen molar-refractivity contribution in [3.05, 3.63) is 35.9 Å². The summed E-state index contributed by atoms with van der Waals surface area (Å²) in [5, 5.41) is 12.3. The summed E-state index contributed by atoms with van der Waals surface area (Å²) in [7, 11) is 0. The molecule has 6 nitrogen and oxygen atoms in total. The molecule has 16 heavy (non-hydrogen) atoms. The van der Waals surface area contributed by atoms with E-state index < -0.39 is 17.6 Å². The Morgan fingerprint density at radius 2 is 2.00 bits per heavy atom. The van der Waals surface area contributed by atoms with Crippen LogP contribution in [0.5, 0.6) is 0 Å². The fourth-order valence-corrected chi connectivity index (χ4v) is 1.19. The van der Waals surface area contributed by atoms with Gasteiger partial charge in [0.05, 0.1) is 5.69 Å². The quantitative estimate of drug-likeness (QED) is 0.779. The lowest BCUT2D eigenvalue weighted by Crippen LogP contribution is -2.03. The fourth-order valence-electron chi connectivity index (χ4n) is 1.19. The van der Waals surface area contributed by atoms with Crippen LogP contribution in [0.3, 0.4) is 0 Å². The second-order valence-corrected chi connectivity index (χ2v) is 2.99. The van der Waals surface area contributed by atoms with Crippen molar-refractivity contribution in [3.8, 4) is 5.69 Å². The number of carboxylic acid groups (broad SMARTS) is 1. The van der Waals surface area contributed by atoms with Crippen molar-refractivity contribution in [2.24, 2.45) is 0 Å². The van der Waals surface area contributed by atoms with Crippen LogP contribution in [0.15, 0.2) is 24.3 Å². The zero-order valence-corrected chi connectivity index (χ0v) is 7.96. The first-order chi connectivity index (χ1) is 7.58. The van der Waals surface area contributed by atoms with Crippen molar-refractivity contribution in [3.63, 3.8) is 0 Å². The third kappa shape index (κ3) is 1.70. The van der Waals surface area contributed by atoms with Crippen molar-refractivity contribution in [1.82, 2.24) is 14.8 Å². The maximum absolute atomic E-state index is 12.7. The van der Waals surface area contributed by atoms with Gasteiger partial charge in [-0.3, -0.25) is 0 Å². The lowest BCUT2D eigenvalue weighted by atomic mass is 10.3. The van der Waals surface area contributed by atoms with E-state index in [9.17, 15) is 9.18 Å². The Kier molecular flexibility index (Phi) is 2.28. The number of aromatic nitrogens is 3. The molecule has 0 saturated carbocycles. The minimum atomic E-state index is -1.27. The van der Waals surface area contributed by atoms with Crippen molar-refractivity contribution in [1.29, 1.82) is 0 Å². The first kappa shape index (κ1) is 10.1. The second-order valence-electron chi connectivity index (χ2n) is 2.99. The van der Waals surface area contributed by atoms with E-state index in [4.69, 9.17) is 10.8 Å². The summed E-state index contributed by atoms with van der Waals surface area (Å²) >= 11 is 0. The lowest BCUT2D eigenvalue weighted by molar-refractivity contribution is 0.0683. The van der Waals surface area contributed by atoms with Crippen molar-refractivity contribution >= 4 is 11.9 Å². The molecular weight excluding hydrogens is 215 g/mol. The average molecular weight is 222 g/mol. The van der Waals surface area contributed by atoms with Crippen LogP contribution in [0, 0.1) is 5.82 Å². The number of nitrogens with two attached hydrogens (primary N) is 1. The maximum Gasteiger partial charge on any atom is 0.375 e. The SMILES string of the molecule is Nc1nc(C(=O)O)nn1-c1ccc(F)cc1.